The molecule has 0 saturated heterocycles. The number of halogens is 16. The Hall–Kier alpha value is -2.58. The van der Waals surface area contributed by atoms with Gasteiger partial charge in [0.25, 0.3) is 0 Å². The van der Waals surface area contributed by atoms with E-state index in [2.05, 4.69) is 0 Å². The van der Waals surface area contributed by atoms with Crippen LogP contribution in [0.5, 0.6) is 0 Å². The van der Waals surface area contributed by atoms with Crippen LogP contribution in [0.2, 0.25) is 0 Å². The van der Waals surface area contributed by atoms with Gasteiger partial charge < -0.3 is 10.2 Å². The molecular formula is C19H20F16N2O4. The van der Waals surface area contributed by atoms with Gasteiger partial charge in [0, 0.05) is 12.1 Å². The second kappa shape index (κ2) is 11.6. The molecule has 22 heteroatoms. The predicted molar refractivity (Wildman–Crippen MR) is 102 cm³/mol. The lowest BCUT2D eigenvalue weighted by atomic mass is 9.81. The fourth-order valence-corrected chi connectivity index (χ4v) is 4.06. The summed E-state index contributed by atoms with van der Waals surface area (Å²) in [4.78, 5) is 21.7. The molecule has 0 radical (unpaired) electrons. The van der Waals surface area contributed by atoms with Gasteiger partial charge in [-0.1, -0.05) is 6.92 Å². The molecule has 0 spiro atoms. The van der Waals surface area contributed by atoms with Crippen molar-refractivity contribution in [2.24, 2.45) is 5.92 Å². The minimum Gasteiger partial charge on any atom is -0.465 e. The first kappa shape index (κ1) is 36.4. The molecule has 3 atom stereocenters. The van der Waals surface area contributed by atoms with Gasteiger partial charge in [0.1, 0.15) is 0 Å². The van der Waals surface area contributed by atoms with Gasteiger partial charge in [0.15, 0.2) is 0 Å². The van der Waals surface area contributed by atoms with E-state index in [-0.39, 0.29) is 0 Å². The number of amides is 2. The summed E-state index contributed by atoms with van der Waals surface area (Å²) < 4.78 is 213. The van der Waals surface area contributed by atoms with E-state index < -0.39 is 121 Å². The molecule has 6 nitrogen and oxygen atoms in total. The van der Waals surface area contributed by atoms with Crippen LogP contribution in [-0.4, -0.2) is 106 Å². The van der Waals surface area contributed by atoms with Crippen LogP contribution in [-0.2, 0) is 0 Å². The van der Waals surface area contributed by atoms with Crippen LogP contribution in [0.25, 0.3) is 0 Å². The molecule has 2 amide bonds. The van der Waals surface area contributed by atoms with Gasteiger partial charge in [-0.3, -0.25) is 9.80 Å². The molecule has 1 aliphatic carbocycles. The second-order valence-corrected chi connectivity index (χ2v) is 9.24. The van der Waals surface area contributed by atoms with E-state index in [1.54, 1.807) is 0 Å². The summed E-state index contributed by atoms with van der Waals surface area (Å²) in [6.07, 6.45) is -18.5. The van der Waals surface area contributed by atoms with Crippen molar-refractivity contribution >= 4 is 12.2 Å². The van der Waals surface area contributed by atoms with Crippen LogP contribution in [0.4, 0.5) is 79.8 Å². The number of carboxylic acid groups (broad SMARTS) is 2. The van der Waals surface area contributed by atoms with Gasteiger partial charge in [-0.15, -0.1) is 0 Å². The van der Waals surface area contributed by atoms with Crippen molar-refractivity contribution in [3.05, 3.63) is 0 Å². The van der Waals surface area contributed by atoms with E-state index in [0.29, 0.717) is 0 Å². The Labute approximate surface area is 218 Å². The highest BCUT2D eigenvalue weighted by atomic mass is 19.4. The Morgan fingerprint density at radius 3 is 1.34 bits per heavy atom. The zero-order chi connectivity index (χ0) is 32.7. The maximum Gasteiger partial charge on any atom is 0.407 e. The van der Waals surface area contributed by atoms with Gasteiger partial charge in [0.05, 0.1) is 13.1 Å². The van der Waals surface area contributed by atoms with Gasteiger partial charge >= 0.3 is 60.6 Å². The third-order valence-corrected chi connectivity index (χ3v) is 6.50. The summed E-state index contributed by atoms with van der Waals surface area (Å²) in [5.74, 6) is -40.9. The minimum absolute atomic E-state index is 0.590. The van der Waals surface area contributed by atoms with Crippen molar-refractivity contribution in [2.75, 3.05) is 13.1 Å². The highest BCUT2D eigenvalue weighted by molar-refractivity contribution is 5.66. The van der Waals surface area contributed by atoms with Gasteiger partial charge in [-0.25, -0.2) is 27.2 Å². The van der Waals surface area contributed by atoms with Crippen molar-refractivity contribution in [1.82, 2.24) is 9.80 Å². The van der Waals surface area contributed by atoms with E-state index in [1.165, 1.54) is 0 Å². The number of alkyl halides is 16. The zero-order valence-corrected chi connectivity index (χ0v) is 20.1. The summed E-state index contributed by atoms with van der Waals surface area (Å²) in [5.41, 5.74) is 0. The molecule has 0 bridgehead atoms. The number of rotatable bonds is 12. The largest absolute Gasteiger partial charge is 0.465 e. The molecule has 3 unspecified atom stereocenters. The number of nitrogens with zero attached hydrogens (tertiary/aromatic N) is 2. The van der Waals surface area contributed by atoms with Crippen molar-refractivity contribution in [2.45, 2.75) is 86.7 Å². The minimum atomic E-state index is -6.88. The first-order chi connectivity index (χ1) is 18.1. The van der Waals surface area contributed by atoms with Gasteiger partial charge in [0.2, 0.25) is 0 Å². The molecule has 1 aliphatic rings. The third-order valence-electron chi connectivity index (χ3n) is 6.50. The lowest BCUT2D eigenvalue weighted by molar-refractivity contribution is -0.341. The van der Waals surface area contributed by atoms with Crippen LogP contribution in [0.15, 0.2) is 0 Å². The maximum atomic E-state index is 14.2. The molecule has 0 heterocycles. The first-order valence-corrected chi connectivity index (χ1v) is 10.9. The van der Waals surface area contributed by atoms with Crippen LogP contribution in [0, 0.1) is 5.92 Å². The van der Waals surface area contributed by atoms with E-state index in [1.807, 2.05) is 0 Å². The SMILES string of the molecule is CC1CCC(N(CC(F)(F)C(F)(F)C(F)(F)C(F)F)C(=O)O)CC1N(CC(F)(F)C(F)(F)C(F)(F)C(F)F)C(=O)O. The second-order valence-electron chi connectivity index (χ2n) is 9.24. The molecule has 41 heavy (non-hydrogen) atoms. The summed E-state index contributed by atoms with van der Waals surface area (Å²) in [6.45, 7) is -4.87. The van der Waals surface area contributed by atoms with E-state index >= 15 is 0 Å². The molecule has 0 aromatic carbocycles. The molecule has 1 rings (SSSR count). The summed E-state index contributed by atoms with van der Waals surface area (Å²) in [7, 11) is 0. The lowest BCUT2D eigenvalue weighted by Gasteiger charge is -2.45. The van der Waals surface area contributed by atoms with Crippen LogP contribution in [0.1, 0.15) is 26.2 Å². The van der Waals surface area contributed by atoms with Crippen molar-refractivity contribution in [1.29, 1.82) is 0 Å². The molecule has 2 N–H and O–H groups in total. The molecular weight excluding hydrogens is 624 g/mol. The number of hydrogen-bond donors (Lipinski definition) is 2. The average Bonchev–Trinajstić information content (AvgIpc) is 2.80. The quantitative estimate of drug-likeness (QED) is 0.228. The molecule has 1 saturated carbocycles. The fourth-order valence-electron chi connectivity index (χ4n) is 4.06. The summed E-state index contributed by atoms with van der Waals surface area (Å²) in [6, 6.07) is -4.33. The van der Waals surface area contributed by atoms with Crippen LogP contribution in [0.3, 0.4) is 0 Å². The Kier molecular flexibility index (Phi) is 10.3. The topological polar surface area (TPSA) is 81.1 Å². The smallest absolute Gasteiger partial charge is 0.407 e. The van der Waals surface area contributed by atoms with Crippen LogP contribution < -0.4 is 0 Å². The Balaban J connectivity index is 3.41. The Morgan fingerprint density at radius 1 is 0.683 bits per heavy atom. The van der Waals surface area contributed by atoms with Crippen molar-refractivity contribution in [3.63, 3.8) is 0 Å². The van der Waals surface area contributed by atoms with Gasteiger partial charge in [-0.2, -0.15) is 52.7 Å². The Bertz CT molecular complexity index is 948. The molecule has 0 aromatic rings. The number of carbonyl (C=O) groups is 2. The average molecular weight is 644 g/mol. The predicted octanol–water partition coefficient (Wildman–Crippen LogP) is 6.85. The molecule has 0 aliphatic heterocycles. The molecule has 242 valence electrons. The Morgan fingerprint density at radius 2 is 1.02 bits per heavy atom. The van der Waals surface area contributed by atoms with E-state index in [4.69, 9.17) is 0 Å². The molecule has 0 aromatic heterocycles. The third kappa shape index (κ3) is 6.59. The van der Waals surface area contributed by atoms with E-state index in [9.17, 15) is 90.0 Å². The van der Waals surface area contributed by atoms with Gasteiger partial charge in [-0.05, 0) is 25.2 Å². The summed E-state index contributed by atoms with van der Waals surface area (Å²) >= 11 is 0. The van der Waals surface area contributed by atoms with Crippen LogP contribution >= 0.6 is 0 Å². The highest BCUT2D eigenvalue weighted by Crippen LogP contribution is 2.51. The zero-order valence-electron chi connectivity index (χ0n) is 20.1. The standard InChI is InChI=1S/C19H20F16N2O4/c1-7-2-3-8(36(12(38)39)5-14(24,25)18(32,33)16(28,29)10(20)21)4-9(7)37(13(40)41)6-15(26,27)19(34,35)17(30,31)11(22)23/h7-11H,2-6H2,1H3,(H,38,39)(H,40,41). The summed E-state index contributed by atoms with van der Waals surface area (Å²) in [5, 5.41) is 18.5. The van der Waals surface area contributed by atoms with E-state index in [0.717, 1.165) is 6.92 Å². The lowest BCUT2D eigenvalue weighted by Crippen LogP contribution is -2.64. The normalized spacial score (nSPS) is 21.8. The van der Waals surface area contributed by atoms with Crippen molar-refractivity contribution < 1.29 is 90.0 Å². The molecule has 1 fully saturated rings. The fraction of sp³-hybridized carbons (Fsp3) is 0.895. The van der Waals surface area contributed by atoms with Crippen molar-refractivity contribution in [3.8, 4) is 0 Å². The number of hydrogen-bond acceptors (Lipinski definition) is 2. The first-order valence-electron chi connectivity index (χ1n) is 10.9. The maximum absolute atomic E-state index is 14.2. The highest BCUT2D eigenvalue weighted by Gasteiger charge is 2.77. The monoisotopic (exact) mass is 644 g/mol.